The first-order chi connectivity index (χ1) is 13.3. The van der Waals surface area contributed by atoms with Crippen LogP contribution in [0.3, 0.4) is 0 Å². The van der Waals surface area contributed by atoms with E-state index in [1.54, 1.807) is 4.90 Å². The van der Waals surface area contributed by atoms with Crippen LogP contribution < -0.4 is 10.6 Å². The van der Waals surface area contributed by atoms with Crippen molar-refractivity contribution in [2.24, 2.45) is 5.73 Å². The molecule has 0 spiro atoms. The molecule has 0 radical (unpaired) electrons. The highest BCUT2D eigenvalue weighted by atomic mass is 32.1. The Kier molecular flexibility index (Phi) is 4.91. The van der Waals surface area contributed by atoms with Crippen LogP contribution in [0.4, 0.5) is 27.9 Å². The Labute approximate surface area is 159 Å². The third-order valence-corrected chi connectivity index (χ3v) is 5.50. The Bertz CT molecular complexity index is 1000. The standard InChI is InChI=1S/C16H15F5N6S/c17-7-1-2-26(5-10(7)22)16-23-11-3-8(18)9(19)4-12(11)27(16)6-13-24-25-15(28-13)14(20)21/h3-4,7,10,14H,1-2,5-6,22H2. The van der Waals surface area contributed by atoms with E-state index in [9.17, 15) is 22.0 Å². The van der Waals surface area contributed by atoms with Gasteiger partial charge in [-0.05, 0) is 6.42 Å². The monoisotopic (exact) mass is 418 g/mol. The van der Waals surface area contributed by atoms with Crippen molar-refractivity contribution in [2.45, 2.75) is 31.6 Å². The fourth-order valence-corrected chi connectivity index (χ4v) is 3.88. The number of aromatic nitrogens is 4. The van der Waals surface area contributed by atoms with Crippen molar-refractivity contribution in [1.82, 2.24) is 19.7 Å². The first-order valence-electron chi connectivity index (χ1n) is 8.43. The number of rotatable bonds is 4. The molecule has 150 valence electrons. The topological polar surface area (TPSA) is 72.9 Å². The molecule has 1 aliphatic rings. The van der Waals surface area contributed by atoms with Crippen molar-refractivity contribution in [2.75, 3.05) is 18.0 Å². The van der Waals surface area contributed by atoms with Gasteiger partial charge in [-0.2, -0.15) is 0 Å². The third kappa shape index (κ3) is 3.41. The number of nitrogens with zero attached hydrogens (tertiary/aromatic N) is 5. The van der Waals surface area contributed by atoms with E-state index in [1.807, 2.05) is 0 Å². The minimum atomic E-state index is -2.75. The van der Waals surface area contributed by atoms with Crippen molar-refractivity contribution in [3.63, 3.8) is 0 Å². The molecule has 0 bridgehead atoms. The summed E-state index contributed by atoms with van der Waals surface area (Å²) >= 11 is 0.720. The van der Waals surface area contributed by atoms with E-state index in [1.165, 1.54) is 4.57 Å². The first kappa shape index (κ1) is 19.0. The summed E-state index contributed by atoms with van der Waals surface area (Å²) in [6.45, 7) is 0.446. The molecule has 1 aliphatic heterocycles. The molecule has 2 aromatic heterocycles. The predicted molar refractivity (Wildman–Crippen MR) is 93.3 cm³/mol. The first-order valence-corrected chi connectivity index (χ1v) is 9.25. The van der Waals surface area contributed by atoms with Crippen molar-refractivity contribution in [3.8, 4) is 0 Å². The van der Waals surface area contributed by atoms with Crippen molar-refractivity contribution in [3.05, 3.63) is 33.8 Å². The van der Waals surface area contributed by atoms with E-state index >= 15 is 0 Å². The summed E-state index contributed by atoms with van der Waals surface area (Å²) in [5.41, 5.74) is 6.26. The van der Waals surface area contributed by atoms with E-state index in [0.29, 0.717) is 12.5 Å². The molecule has 1 aromatic carbocycles. The highest BCUT2D eigenvalue weighted by Crippen LogP contribution is 2.30. The molecule has 0 saturated carbocycles. The van der Waals surface area contributed by atoms with E-state index < -0.39 is 35.3 Å². The molecule has 3 heterocycles. The summed E-state index contributed by atoms with van der Waals surface area (Å²) in [5, 5.41) is 7.00. The molecular weight excluding hydrogens is 403 g/mol. The summed E-state index contributed by atoms with van der Waals surface area (Å²) in [5.74, 6) is -1.81. The minimum absolute atomic E-state index is 0.0217. The maximum absolute atomic E-state index is 13.8. The number of piperidine rings is 1. The second kappa shape index (κ2) is 7.24. The van der Waals surface area contributed by atoms with Crippen LogP contribution in [0.1, 0.15) is 22.9 Å². The smallest absolute Gasteiger partial charge is 0.291 e. The van der Waals surface area contributed by atoms with Crippen molar-refractivity contribution < 1.29 is 22.0 Å². The number of halogens is 5. The van der Waals surface area contributed by atoms with Gasteiger partial charge in [0.15, 0.2) is 16.6 Å². The number of anilines is 1. The van der Waals surface area contributed by atoms with Gasteiger partial charge in [0, 0.05) is 25.2 Å². The number of imidazole rings is 1. The van der Waals surface area contributed by atoms with Crippen LogP contribution in [0.15, 0.2) is 12.1 Å². The van der Waals surface area contributed by atoms with Gasteiger partial charge in [0.25, 0.3) is 6.43 Å². The average molecular weight is 418 g/mol. The van der Waals surface area contributed by atoms with Gasteiger partial charge in [0.2, 0.25) is 5.95 Å². The van der Waals surface area contributed by atoms with Crippen LogP contribution in [0, 0.1) is 11.6 Å². The number of hydrogen-bond acceptors (Lipinski definition) is 6. The van der Waals surface area contributed by atoms with Gasteiger partial charge in [-0.3, -0.25) is 0 Å². The molecule has 2 atom stereocenters. The van der Waals surface area contributed by atoms with Gasteiger partial charge < -0.3 is 15.2 Å². The van der Waals surface area contributed by atoms with Crippen molar-refractivity contribution >= 4 is 28.3 Å². The normalized spacial score (nSPS) is 20.5. The zero-order valence-corrected chi connectivity index (χ0v) is 15.1. The number of hydrogen-bond donors (Lipinski definition) is 1. The molecule has 2 unspecified atom stereocenters. The number of nitrogens with two attached hydrogens (primary N) is 1. The lowest BCUT2D eigenvalue weighted by molar-refractivity contribution is 0.150. The van der Waals surface area contributed by atoms with E-state index in [2.05, 4.69) is 15.2 Å². The van der Waals surface area contributed by atoms with Gasteiger partial charge in [-0.15, -0.1) is 10.2 Å². The molecule has 6 nitrogen and oxygen atoms in total. The lowest BCUT2D eigenvalue weighted by Crippen LogP contribution is -2.50. The Hall–Kier alpha value is -2.34. The van der Waals surface area contributed by atoms with Gasteiger partial charge in [0.1, 0.15) is 11.2 Å². The minimum Gasteiger partial charge on any atom is -0.340 e. The van der Waals surface area contributed by atoms with E-state index in [-0.39, 0.29) is 35.6 Å². The highest BCUT2D eigenvalue weighted by Gasteiger charge is 2.30. The van der Waals surface area contributed by atoms with Crippen molar-refractivity contribution in [1.29, 1.82) is 0 Å². The van der Waals surface area contributed by atoms with Gasteiger partial charge in [0.05, 0.1) is 23.6 Å². The van der Waals surface area contributed by atoms with Crippen LogP contribution in [0.25, 0.3) is 11.0 Å². The fourth-order valence-electron chi connectivity index (χ4n) is 3.19. The Balaban J connectivity index is 1.78. The van der Waals surface area contributed by atoms with Crippen LogP contribution in [0.5, 0.6) is 0 Å². The molecule has 1 saturated heterocycles. The number of fused-ring (bicyclic) bond motifs is 1. The van der Waals surface area contributed by atoms with Crippen LogP contribution in [0.2, 0.25) is 0 Å². The Morgan fingerprint density at radius 1 is 1.21 bits per heavy atom. The average Bonchev–Trinajstić information content (AvgIpc) is 3.24. The third-order valence-electron chi connectivity index (χ3n) is 4.59. The molecule has 2 N–H and O–H groups in total. The predicted octanol–water partition coefficient (Wildman–Crippen LogP) is 3.03. The van der Waals surface area contributed by atoms with Gasteiger partial charge in [-0.25, -0.2) is 26.9 Å². The summed E-state index contributed by atoms with van der Waals surface area (Å²) in [6.07, 6.45) is -3.72. The second-order valence-corrected chi connectivity index (χ2v) is 7.60. The van der Waals surface area contributed by atoms with Gasteiger partial charge in [-0.1, -0.05) is 11.3 Å². The fraction of sp³-hybridized carbons (Fsp3) is 0.438. The number of benzene rings is 1. The summed E-state index contributed by atoms with van der Waals surface area (Å²) in [4.78, 5) is 6.06. The molecule has 1 fully saturated rings. The van der Waals surface area contributed by atoms with Crippen LogP contribution in [-0.4, -0.2) is 45.1 Å². The molecule has 28 heavy (non-hydrogen) atoms. The SMILES string of the molecule is NC1CN(c2nc3cc(F)c(F)cc3n2Cc2nnc(C(F)F)s2)CCC1F. The molecule has 4 rings (SSSR count). The zero-order valence-electron chi connectivity index (χ0n) is 14.3. The largest absolute Gasteiger partial charge is 0.340 e. The lowest BCUT2D eigenvalue weighted by Gasteiger charge is -2.34. The molecule has 0 amide bonds. The highest BCUT2D eigenvalue weighted by molar-refractivity contribution is 7.11. The molecule has 0 aliphatic carbocycles. The van der Waals surface area contributed by atoms with Crippen LogP contribution in [-0.2, 0) is 6.54 Å². The van der Waals surface area contributed by atoms with E-state index in [0.717, 1.165) is 23.5 Å². The Morgan fingerprint density at radius 3 is 2.64 bits per heavy atom. The molecule has 12 heteroatoms. The summed E-state index contributed by atoms with van der Waals surface area (Å²) in [6, 6.07) is 1.21. The summed E-state index contributed by atoms with van der Waals surface area (Å²) < 4.78 is 68.3. The van der Waals surface area contributed by atoms with E-state index in [4.69, 9.17) is 5.73 Å². The molecular formula is C16H15F5N6S. The van der Waals surface area contributed by atoms with Gasteiger partial charge >= 0.3 is 0 Å². The lowest BCUT2D eigenvalue weighted by atomic mass is 10.1. The number of alkyl halides is 3. The zero-order chi connectivity index (χ0) is 20.0. The second-order valence-electron chi connectivity index (χ2n) is 6.50. The van der Waals surface area contributed by atoms with Crippen LogP contribution >= 0.6 is 11.3 Å². The molecule has 3 aromatic rings. The maximum Gasteiger partial charge on any atom is 0.291 e. The Morgan fingerprint density at radius 2 is 1.96 bits per heavy atom. The summed E-state index contributed by atoms with van der Waals surface area (Å²) in [7, 11) is 0. The quantitative estimate of drug-likeness (QED) is 0.660. The maximum atomic E-state index is 13.8.